The molecule has 1 aliphatic rings. The number of hydrogen-bond donors (Lipinski definition) is 2. The first-order chi connectivity index (χ1) is 14.7. The van der Waals surface area contributed by atoms with Gasteiger partial charge in [-0.2, -0.15) is 0 Å². The Morgan fingerprint density at radius 3 is 2.19 bits per heavy atom. The summed E-state index contributed by atoms with van der Waals surface area (Å²) in [6.45, 7) is 0. The molecule has 31 heavy (non-hydrogen) atoms. The van der Waals surface area contributed by atoms with Crippen molar-refractivity contribution in [2.75, 3.05) is 7.05 Å². The molecule has 0 spiro atoms. The third kappa shape index (κ3) is 8.61. The quantitative estimate of drug-likeness (QED) is 0.195. The molecular weight excluding hydrogens is 415 g/mol. The van der Waals surface area contributed by atoms with Gasteiger partial charge in [-0.25, -0.2) is 0 Å². The minimum atomic E-state index is 0. The topological polar surface area (TPSA) is 72.7 Å². The summed E-state index contributed by atoms with van der Waals surface area (Å²) in [5, 5.41) is 12.8. The number of nitrogens with zero attached hydrogens (tertiary/aromatic N) is 1. The normalized spacial score (nSPS) is 12.6. The van der Waals surface area contributed by atoms with Crippen LogP contribution in [0.15, 0.2) is 78.9 Å². The van der Waals surface area contributed by atoms with E-state index >= 15 is 0 Å². The van der Waals surface area contributed by atoms with Crippen LogP contribution < -0.4 is 61.5 Å². The monoisotopic (exact) mass is 440 g/mol. The summed E-state index contributed by atoms with van der Waals surface area (Å²) >= 11 is 0. The molecule has 0 unspecified atom stereocenters. The fraction of sp³-hybridized carbons (Fsp3) is 0.160. The minimum Gasteiger partial charge on any atom is -0.554 e. The number of carbonyl (C=O) groups is 1. The molecule has 4 rings (SSSR count). The molecule has 0 atom stereocenters. The molecule has 3 aromatic carbocycles. The van der Waals surface area contributed by atoms with Gasteiger partial charge >= 0.3 is 51.4 Å². The van der Waals surface area contributed by atoms with E-state index in [9.17, 15) is 9.90 Å². The van der Waals surface area contributed by atoms with Crippen LogP contribution in [0.2, 0.25) is 0 Å². The van der Waals surface area contributed by atoms with Crippen LogP contribution >= 0.6 is 0 Å². The van der Waals surface area contributed by atoms with E-state index in [1.54, 1.807) is 30.3 Å². The van der Waals surface area contributed by atoms with Crippen LogP contribution in [0.5, 0.6) is 11.5 Å². The summed E-state index contributed by atoms with van der Waals surface area (Å²) in [6.07, 6.45) is 5.46. The van der Waals surface area contributed by atoms with Crippen LogP contribution in [0.1, 0.15) is 24.0 Å². The number of aromatic hydroxyl groups is 1. The number of aldehydes is 1. The molecule has 1 fully saturated rings. The van der Waals surface area contributed by atoms with Gasteiger partial charge in [0.05, 0.1) is 0 Å². The van der Waals surface area contributed by atoms with Gasteiger partial charge in [-0.15, -0.1) is 5.69 Å². The third-order valence-corrected chi connectivity index (χ3v) is 4.55. The van der Waals surface area contributed by atoms with Gasteiger partial charge in [0.15, 0.2) is 12.0 Å². The predicted octanol–water partition coefficient (Wildman–Crippen LogP) is 2.50. The molecule has 0 saturated heterocycles. The van der Waals surface area contributed by atoms with Crippen molar-refractivity contribution >= 4 is 23.6 Å². The van der Waals surface area contributed by atoms with Crippen molar-refractivity contribution in [2.24, 2.45) is 0 Å². The zero-order valence-electron chi connectivity index (χ0n) is 17.9. The summed E-state index contributed by atoms with van der Waals surface area (Å²) in [5.74, 6) is 0.322. The number of phenols is 1. The van der Waals surface area contributed by atoms with Crippen molar-refractivity contribution in [3.8, 4) is 11.5 Å². The van der Waals surface area contributed by atoms with E-state index in [2.05, 4.69) is 10.8 Å². The molecule has 0 bridgehead atoms. The molecule has 0 heterocycles. The van der Waals surface area contributed by atoms with Crippen molar-refractivity contribution < 1.29 is 66.1 Å². The van der Waals surface area contributed by atoms with Crippen molar-refractivity contribution in [2.45, 2.75) is 18.9 Å². The first-order valence-electron chi connectivity index (χ1n) is 9.85. The van der Waals surface area contributed by atoms with E-state index in [-0.39, 0.29) is 57.1 Å². The summed E-state index contributed by atoms with van der Waals surface area (Å²) in [7, 11) is 2.01. The Bertz CT molecular complexity index is 972. The van der Waals surface area contributed by atoms with E-state index in [1.165, 1.54) is 18.9 Å². The van der Waals surface area contributed by atoms with E-state index in [0.717, 1.165) is 23.5 Å². The van der Waals surface area contributed by atoms with Crippen molar-refractivity contribution in [3.05, 3.63) is 95.5 Å². The number of para-hydroxylation sites is 2. The largest absolute Gasteiger partial charge is 1.00 e. The third-order valence-electron chi connectivity index (χ3n) is 4.55. The van der Waals surface area contributed by atoms with E-state index in [4.69, 9.17) is 4.84 Å². The Balaban J connectivity index is 0.000000501. The van der Waals surface area contributed by atoms with Crippen LogP contribution in [0.4, 0.5) is 5.69 Å². The Labute approximate surface area is 225 Å². The maximum atomic E-state index is 11.3. The number of allylic oxidation sites excluding steroid dienone is 1. The standard InChI is InChI=1S/C21H17NO3.C4H9N.K/c23-15-18(17-6-2-1-3-7-17)14-16-10-12-19(13-11-16)22-25-21-9-5-4-8-20(21)24;1-5-4-2-3-4;/h1-15H,(H2,22,23,24);4-5H,2-3H2,1H3;/q;;+1/p-1. The van der Waals surface area contributed by atoms with E-state index < -0.39 is 0 Å². The predicted molar refractivity (Wildman–Crippen MR) is 121 cm³/mol. The second-order valence-electron chi connectivity index (χ2n) is 6.89. The van der Waals surface area contributed by atoms with Crippen LogP contribution in [-0.4, -0.2) is 24.5 Å². The minimum absolute atomic E-state index is 0. The Kier molecular flexibility index (Phi) is 11.0. The summed E-state index contributed by atoms with van der Waals surface area (Å²) in [4.78, 5) is 16.6. The summed E-state index contributed by atoms with van der Waals surface area (Å²) < 4.78 is 0. The van der Waals surface area contributed by atoms with Gasteiger partial charge in [0.25, 0.3) is 0 Å². The Hall–Kier alpha value is -1.93. The zero-order chi connectivity index (χ0) is 21.2. The van der Waals surface area contributed by atoms with E-state index in [0.29, 0.717) is 17.0 Å². The molecule has 0 aromatic heterocycles. The molecule has 2 N–H and O–H groups in total. The van der Waals surface area contributed by atoms with Gasteiger partial charge in [-0.05, 0) is 49.2 Å². The molecule has 5 nitrogen and oxygen atoms in total. The molecule has 3 aromatic rings. The summed E-state index contributed by atoms with van der Waals surface area (Å²) in [5.41, 5.74) is 6.95. The maximum absolute atomic E-state index is 11.3. The van der Waals surface area contributed by atoms with Gasteiger partial charge < -0.3 is 20.7 Å². The van der Waals surface area contributed by atoms with Gasteiger partial charge in [-0.1, -0.05) is 66.7 Å². The number of carbonyl (C=O) groups excluding carboxylic acids is 1. The molecule has 0 aliphatic heterocycles. The SMILES string of the molecule is CNC1CC1.O=C/C(=C/c1ccc([N-]Oc2ccccc2O)cc1)c1ccccc1.[K+]. The molecule has 1 saturated carbocycles. The fourth-order valence-corrected chi connectivity index (χ4v) is 2.64. The second-order valence-corrected chi connectivity index (χ2v) is 6.89. The molecular formula is C25H25KN2O3. The number of phenolic OH excluding ortho intramolecular Hbond substituents is 1. The zero-order valence-corrected chi connectivity index (χ0v) is 21.0. The average molecular weight is 441 g/mol. The van der Waals surface area contributed by atoms with Crippen molar-refractivity contribution in [1.29, 1.82) is 0 Å². The van der Waals surface area contributed by atoms with Crippen molar-refractivity contribution in [3.63, 3.8) is 0 Å². The van der Waals surface area contributed by atoms with Crippen molar-refractivity contribution in [1.82, 2.24) is 5.32 Å². The first kappa shape index (κ1) is 25.3. The Morgan fingerprint density at radius 2 is 1.65 bits per heavy atom. The maximum Gasteiger partial charge on any atom is 1.00 e. The van der Waals surface area contributed by atoms with Gasteiger partial charge in [0.1, 0.15) is 5.75 Å². The van der Waals surface area contributed by atoms with Gasteiger partial charge in [0.2, 0.25) is 0 Å². The Morgan fingerprint density at radius 1 is 1.00 bits per heavy atom. The fourth-order valence-electron chi connectivity index (χ4n) is 2.64. The number of rotatable bonds is 7. The van der Waals surface area contributed by atoms with E-state index in [1.807, 2.05) is 55.6 Å². The van der Waals surface area contributed by atoms with Crippen LogP contribution in [0.3, 0.4) is 0 Å². The van der Waals surface area contributed by atoms with Gasteiger partial charge in [0, 0.05) is 11.6 Å². The second kappa shape index (κ2) is 13.5. The van der Waals surface area contributed by atoms with Crippen LogP contribution in [-0.2, 0) is 4.79 Å². The molecule has 6 heteroatoms. The smallest absolute Gasteiger partial charge is 0.554 e. The van der Waals surface area contributed by atoms with Gasteiger partial charge in [-0.3, -0.25) is 4.79 Å². The summed E-state index contributed by atoms with van der Waals surface area (Å²) in [6, 6.07) is 24.2. The molecule has 0 radical (unpaired) electrons. The molecule has 1 aliphatic carbocycles. The molecule has 0 amide bonds. The van der Waals surface area contributed by atoms with Crippen LogP contribution in [0, 0.1) is 0 Å². The number of hydrogen-bond acceptors (Lipinski definition) is 4. The number of benzene rings is 3. The average Bonchev–Trinajstić information content (AvgIpc) is 3.64. The van der Waals surface area contributed by atoms with Crippen LogP contribution in [0.25, 0.3) is 17.1 Å². The number of nitrogens with one attached hydrogen (secondary N) is 1. The molecule has 154 valence electrons. The first-order valence-corrected chi connectivity index (χ1v) is 9.85.